The molecule has 1 heterocycles. The highest BCUT2D eigenvalue weighted by molar-refractivity contribution is 6.30. The summed E-state index contributed by atoms with van der Waals surface area (Å²) in [6.07, 6.45) is 2.62. The molecule has 0 radical (unpaired) electrons. The summed E-state index contributed by atoms with van der Waals surface area (Å²) in [6, 6.07) is 12.0. The van der Waals surface area contributed by atoms with E-state index in [4.69, 9.17) is 17.3 Å². The van der Waals surface area contributed by atoms with Crippen molar-refractivity contribution in [2.45, 2.75) is 25.9 Å². The van der Waals surface area contributed by atoms with Crippen LogP contribution in [-0.2, 0) is 13.0 Å². The first-order valence-electron chi connectivity index (χ1n) is 6.71. The SMILES string of the molecule is CC(N)Cc1cc(Cl)ccc1N(C)Cc1ccccn1. The van der Waals surface area contributed by atoms with E-state index in [1.165, 1.54) is 5.56 Å². The van der Waals surface area contributed by atoms with Crippen LogP contribution in [0.1, 0.15) is 18.2 Å². The molecule has 2 rings (SSSR count). The van der Waals surface area contributed by atoms with Crippen LogP contribution in [0.15, 0.2) is 42.6 Å². The van der Waals surface area contributed by atoms with Crippen LogP contribution in [0.5, 0.6) is 0 Å². The number of anilines is 1. The summed E-state index contributed by atoms with van der Waals surface area (Å²) in [5.74, 6) is 0. The summed E-state index contributed by atoms with van der Waals surface area (Å²) in [5.41, 5.74) is 9.28. The number of hydrogen-bond donors (Lipinski definition) is 1. The number of hydrogen-bond acceptors (Lipinski definition) is 3. The minimum Gasteiger partial charge on any atom is -0.368 e. The van der Waals surface area contributed by atoms with Crippen LogP contribution in [0.25, 0.3) is 0 Å². The fraction of sp³-hybridized carbons (Fsp3) is 0.312. The Kier molecular flexibility index (Phi) is 4.99. The van der Waals surface area contributed by atoms with Gasteiger partial charge in [-0.3, -0.25) is 4.98 Å². The molecule has 0 aliphatic heterocycles. The molecule has 2 aromatic rings. The molecule has 1 atom stereocenters. The van der Waals surface area contributed by atoms with Crippen molar-refractivity contribution in [2.24, 2.45) is 5.73 Å². The predicted molar refractivity (Wildman–Crippen MR) is 85.1 cm³/mol. The van der Waals surface area contributed by atoms with Crippen molar-refractivity contribution >= 4 is 17.3 Å². The number of halogens is 1. The second-order valence-electron chi connectivity index (χ2n) is 5.13. The lowest BCUT2D eigenvalue weighted by atomic mass is 10.0. The van der Waals surface area contributed by atoms with Gasteiger partial charge in [-0.25, -0.2) is 0 Å². The van der Waals surface area contributed by atoms with Crippen molar-refractivity contribution in [3.63, 3.8) is 0 Å². The average Bonchev–Trinajstić information content (AvgIpc) is 2.39. The van der Waals surface area contributed by atoms with E-state index in [-0.39, 0.29) is 6.04 Å². The molecule has 4 heteroatoms. The van der Waals surface area contributed by atoms with Gasteiger partial charge >= 0.3 is 0 Å². The summed E-state index contributed by atoms with van der Waals surface area (Å²) < 4.78 is 0. The van der Waals surface area contributed by atoms with E-state index in [2.05, 4.69) is 16.9 Å². The van der Waals surface area contributed by atoms with Gasteiger partial charge in [0.15, 0.2) is 0 Å². The zero-order valence-corrected chi connectivity index (χ0v) is 12.6. The molecule has 1 unspecified atom stereocenters. The number of aromatic nitrogens is 1. The third-order valence-corrected chi connectivity index (χ3v) is 3.36. The van der Waals surface area contributed by atoms with Gasteiger partial charge in [-0.15, -0.1) is 0 Å². The Bertz CT molecular complexity index is 555. The van der Waals surface area contributed by atoms with E-state index in [9.17, 15) is 0 Å². The summed E-state index contributed by atoms with van der Waals surface area (Å²) in [5, 5.41) is 0.746. The molecule has 0 saturated carbocycles. The molecule has 0 saturated heterocycles. The molecular weight excluding hydrogens is 270 g/mol. The highest BCUT2D eigenvalue weighted by atomic mass is 35.5. The van der Waals surface area contributed by atoms with Crippen molar-refractivity contribution in [2.75, 3.05) is 11.9 Å². The van der Waals surface area contributed by atoms with Crippen molar-refractivity contribution < 1.29 is 0 Å². The number of nitrogens with zero attached hydrogens (tertiary/aromatic N) is 2. The summed E-state index contributed by atoms with van der Waals surface area (Å²) in [6.45, 7) is 2.76. The van der Waals surface area contributed by atoms with Crippen molar-refractivity contribution in [3.05, 3.63) is 58.9 Å². The van der Waals surface area contributed by atoms with Crippen LogP contribution in [0.3, 0.4) is 0 Å². The lowest BCUT2D eigenvalue weighted by molar-refractivity contribution is 0.733. The number of nitrogens with two attached hydrogens (primary N) is 1. The van der Waals surface area contributed by atoms with E-state index in [1.54, 1.807) is 0 Å². The lowest BCUT2D eigenvalue weighted by Gasteiger charge is -2.23. The Morgan fingerprint density at radius 2 is 2.10 bits per heavy atom. The molecule has 0 amide bonds. The summed E-state index contributed by atoms with van der Waals surface area (Å²) in [4.78, 5) is 6.54. The Morgan fingerprint density at radius 3 is 2.75 bits per heavy atom. The Morgan fingerprint density at radius 1 is 1.30 bits per heavy atom. The molecule has 0 aliphatic carbocycles. The molecule has 0 fully saturated rings. The molecule has 2 N–H and O–H groups in total. The monoisotopic (exact) mass is 289 g/mol. The topological polar surface area (TPSA) is 42.1 Å². The molecule has 1 aromatic carbocycles. The summed E-state index contributed by atoms with van der Waals surface area (Å²) >= 11 is 6.09. The molecule has 0 spiro atoms. The highest BCUT2D eigenvalue weighted by Crippen LogP contribution is 2.25. The minimum atomic E-state index is 0.107. The quantitative estimate of drug-likeness (QED) is 0.919. The highest BCUT2D eigenvalue weighted by Gasteiger charge is 2.10. The number of rotatable bonds is 5. The Balaban J connectivity index is 2.22. The number of benzene rings is 1. The molecule has 0 aliphatic rings. The molecule has 3 nitrogen and oxygen atoms in total. The van der Waals surface area contributed by atoms with Gasteiger partial charge < -0.3 is 10.6 Å². The lowest BCUT2D eigenvalue weighted by Crippen LogP contribution is -2.22. The third-order valence-electron chi connectivity index (χ3n) is 3.12. The zero-order valence-electron chi connectivity index (χ0n) is 11.9. The zero-order chi connectivity index (χ0) is 14.5. The second kappa shape index (κ2) is 6.73. The molecule has 1 aromatic heterocycles. The largest absolute Gasteiger partial charge is 0.368 e. The maximum atomic E-state index is 6.09. The predicted octanol–water partition coefficient (Wildman–Crippen LogP) is 3.26. The molecular formula is C16H20ClN3. The van der Waals surface area contributed by atoms with Crippen LogP contribution in [0, 0.1) is 0 Å². The van der Waals surface area contributed by atoms with E-state index < -0.39 is 0 Å². The number of pyridine rings is 1. The maximum absolute atomic E-state index is 6.09. The second-order valence-corrected chi connectivity index (χ2v) is 5.57. The minimum absolute atomic E-state index is 0.107. The van der Waals surface area contributed by atoms with Crippen LogP contribution in [-0.4, -0.2) is 18.1 Å². The van der Waals surface area contributed by atoms with Crippen molar-refractivity contribution in [1.82, 2.24) is 4.98 Å². The Labute approximate surface area is 125 Å². The third kappa shape index (κ3) is 3.95. The van der Waals surface area contributed by atoms with E-state index >= 15 is 0 Å². The normalized spacial score (nSPS) is 12.2. The van der Waals surface area contributed by atoms with Crippen LogP contribution >= 0.6 is 11.6 Å². The fourth-order valence-electron chi connectivity index (χ4n) is 2.26. The Hall–Kier alpha value is -1.58. The summed E-state index contributed by atoms with van der Waals surface area (Å²) in [7, 11) is 2.06. The van der Waals surface area contributed by atoms with Crippen LogP contribution in [0.2, 0.25) is 5.02 Å². The van der Waals surface area contributed by atoms with Crippen molar-refractivity contribution in [3.8, 4) is 0 Å². The first kappa shape index (κ1) is 14.8. The van der Waals surface area contributed by atoms with Gasteiger partial charge in [-0.1, -0.05) is 17.7 Å². The smallest absolute Gasteiger partial charge is 0.0598 e. The maximum Gasteiger partial charge on any atom is 0.0598 e. The van der Waals surface area contributed by atoms with E-state index in [0.717, 1.165) is 29.4 Å². The fourth-order valence-corrected chi connectivity index (χ4v) is 2.45. The van der Waals surface area contributed by atoms with Gasteiger partial charge in [-0.2, -0.15) is 0 Å². The van der Waals surface area contributed by atoms with Crippen LogP contribution in [0.4, 0.5) is 5.69 Å². The average molecular weight is 290 g/mol. The van der Waals surface area contributed by atoms with Gasteiger partial charge in [-0.05, 0) is 49.2 Å². The first-order chi connectivity index (χ1) is 9.56. The van der Waals surface area contributed by atoms with E-state index in [0.29, 0.717) is 0 Å². The molecule has 106 valence electrons. The van der Waals surface area contributed by atoms with Gasteiger partial charge in [0.2, 0.25) is 0 Å². The van der Waals surface area contributed by atoms with Gasteiger partial charge in [0.25, 0.3) is 0 Å². The molecule has 20 heavy (non-hydrogen) atoms. The van der Waals surface area contributed by atoms with Gasteiger partial charge in [0.1, 0.15) is 0 Å². The molecule has 0 bridgehead atoms. The first-order valence-corrected chi connectivity index (χ1v) is 7.09. The van der Waals surface area contributed by atoms with Crippen molar-refractivity contribution in [1.29, 1.82) is 0 Å². The van der Waals surface area contributed by atoms with Crippen LogP contribution < -0.4 is 10.6 Å². The van der Waals surface area contributed by atoms with E-state index in [1.807, 2.05) is 49.5 Å². The van der Waals surface area contributed by atoms with Gasteiger partial charge in [0.05, 0.1) is 12.2 Å². The standard InChI is InChI=1S/C16H20ClN3/c1-12(18)9-13-10-14(17)6-7-16(13)20(2)11-15-5-3-4-8-19-15/h3-8,10,12H,9,11,18H2,1-2H3. The van der Waals surface area contributed by atoms with Gasteiger partial charge in [0, 0.05) is 30.0 Å².